The standard InChI is InChI=1S/C15H16N4O4/c1-22-12-5-10-8(4-11(12)13(16)20)2-3-17-14(10)23-7-9-6-18-15(21)19-9/h2-5,9H,6-7H2,1H3,(H2,16,20)(H2,18,19,21)/t9-/m1/s1. The number of rotatable bonds is 5. The summed E-state index contributed by atoms with van der Waals surface area (Å²) in [5, 5.41) is 6.85. The number of ether oxygens (including phenoxy) is 2. The zero-order valence-electron chi connectivity index (χ0n) is 12.5. The van der Waals surface area contributed by atoms with Crippen molar-refractivity contribution in [1.29, 1.82) is 0 Å². The maximum absolute atomic E-state index is 11.5. The summed E-state index contributed by atoms with van der Waals surface area (Å²) in [5.41, 5.74) is 5.66. The molecule has 2 heterocycles. The number of amides is 3. The highest BCUT2D eigenvalue weighted by Crippen LogP contribution is 2.30. The molecular weight excluding hydrogens is 300 g/mol. The lowest BCUT2D eigenvalue weighted by molar-refractivity contribution is 0.0997. The third-order valence-corrected chi connectivity index (χ3v) is 3.58. The van der Waals surface area contributed by atoms with Gasteiger partial charge in [0.2, 0.25) is 5.88 Å². The molecule has 3 rings (SSSR count). The minimum atomic E-state index is -0.567. The molecule has 0 radical (unpaired) electrons. The summed E-state index contributed by atoms with van der Waals surface area (Å²) in [6.45, 7) is 0.781. The minimum Gasteiger partial charge on any atom is -0.496 e. The van der Waals surface area contributed by atoms with E-state index in [1.165, 1.54) is 7.11 Å². The van der Waals surface area contributed by atoms with Gasteiger partial charge in [0, 0.05) is 18.1 Å². The average Bonchev–Trinajstić information content (AvgIpc) is 2.96. The van der Waals surface area contributed by atoms with Gasteiger partial charge >= 0.3 is 6.03 Å². The van der Waals surface area contributed by atoms with Gasteiger partial charge in [-0.1, -0.05) is 0 Å². The van der Waals surface area contributed by atoms with Crippen LogP contribution in [0.15, 0.2) is 24.4 Å². The molecule has 1 aliphatic heterocycles. The van der Waals surface area contributed by atoms with E-state index >= 15 is 0 Å². The van der Waals surface area contributed by atoms with E-state index in [2.05, 4.69) is 15.6 Å². The second-order valence-electron chi connectivity index (χ2n) is 5.12. The van der Waals surface area contributed by atoms with E-state index in [9.17, 15) is 9.59 Å². The summed E-state index contributed by atoms with van der Waals surface area (Å²) in [5.74, 6) is 0.194. The van der Waals surface area contributed by atoms with Crippen LogP contribution < -0.4 is 25.8 Å². The number of urea groups is 1. The normalized spacial score (nSPS) is 16.7. The molecule has 1 saturated heterocycles. The summed E-state index contributed by atoms with van der Waals surface area (Å²) in [7, 11) is 1.46. The third kappa shape index (κ3) is 2.96. The number of primary amides is 1. The maximum Gasteiger partial charge on any atom is 0.315 e. The topological polar surface area (TPSA) is 116 Å². The minimum absolute atomic E-state index is 0.119. The molecule has 0 unspecified atom stereocenters. The zero-order valence-corrected chi connectivity index (χ0v) is 12.5. The van der Waals surface area contributed by atoms with E-state index in [-0.39, 0.29) is 18.7 Å². The fraction of sp³-hybridized carbons (Fsp3) is 0.267. The Morgan fingerprint density at radius 1 is 1.48 bits per heavy atom. The molecule has 1 fully saturated rings. The number of fused-ring (bicyclic) bond motifs is 1. The summed E-state index contributed by atoms with van der Waals surface area (Å²) >= 11 is 0. The number of methoxy groups -OCH3 is 1. The van der Waals surface area contributed by atoms with Crippen molar-refractivity contribution in [3.05, 3.63) is 30.0 Å². The first kappa shape index (κ1) is 14.9. The number of hydrogen-bond acceptors (Lipinski definition) is 5. The van der Waals surface area contributed by atoms with Crippen LogP contribution in [0.3, 0.4) is 0 Å². The van der Waals surface area contributed by atoms with Gasteiger partial charge < -0.3 is 25.8 Å². The summed E-state index contributed by atoms with van der Waals surface area (Å²) in [6.07, 6.45) is 1.58. The van der Waals surface area contributed by atoms with Crippen LogP contribution in [-0.4, -0.2) is 43.2 Å². The molecule has 1 atom stereocenters. The van der Waals surface area contributed by atoms with Gasteiger partial charge in [0.05, 0.1) is 18.7 Å². The highest BCUT2D eigenvalue weighted by molar-refractivity contribution is 6.01. The number of benzene rings is 1. The van der Waals surface area contributed by atoms with Crippen molar-refractivity contribution in [1.82, 2.24) is 15.6 Å². The monoisotopic (exact) mass is 316 g/mol. The SMILES string of the molecule is COc1cc2c(OC[C@H]3CNC(=O)N3)nccc2cc1C(N)=O. The Hall–Kier alpha value is -3.03. The number of nitrogens with zero attached hydrogens (tertiary/aromatic N) is 1. The molecule has 8 nitrogen and oxygen atoms in total. The van der Waals surface area contributed by atoms with Crippen LogP contribution in [0.2, 0.25) is 0 Å². The van der Waals surface area contributed by atoms with Gasteiger partial charge in [-0.2, -0.15) is 0 Å². The van der Waals surface area contributed by atoms with Crippen molar-refractivity contribution in [3.8, 4) is 11.6 Å². The molecule has 3 amide bonds. The van der Waals surface area contributed by atoms with Gasteiger partial charge in [0.1, 0.15) is 12.4 Å². The predicted molar refractivity (Wildman–Crippen MR) is 82.6 cm³/mol. The molecule has 0 spiro atoms. The Morgan fingerprint density at radius 3 is 2.96 bits per heavy atom. The van der Waals surface area contributed by atoms with Crippen molar-refractivity contribution in [2.75, 3.05) is 20.3 Å². The van der Waals surface area contributed by atoms with E-state index in [1.54, 1.807) is 24.4 Å². The number of aromatic nitrogens is 1. The molecule has 120 valence electrons. The van der Waals surface area contributed by atoms with Crippen molar-refractivity contribution >= 4 is 22.7 Å². The van der Waals surface area contributed by atoms with Crippen molar-refractivity contribution < 1.29 is 19.1 Å². The van der Waals surface area contributed by atoms with E-state index in [0.717, 1.165) is 5.39 Å². The van der Waals surface area contributed by atoms with E-state index in [4.69, 9.17) is 15.2 Å². The lowest BCUT2D eigenvalue weighted by Gasteiger charge is -2.13. The average molecular weight is 316 g/mol. The fourth-order valence-corrected chi connectivity index (χ4v) is 2.43. The molecule has 0 aliphatic carbocycles. The van der Waals surface area contributed by atoms with Crippen molar-refractivity contribution in [2.45, 2.75) is 6.04 Å². The summed E-state index contributed by atoms with van der Waals surface area (Å²) in [4.78, 5) is 26.8. The molecule has 8 heteroatoms. The highest BCUT2D eigenvalue weighted by Gasteiger charge is 2.21. The first-order valence-electron chi connectivity index (χ1n) is 7.02. The number of carbonyl (C=O) groups excluding carboxylic acids is 2. The maximum atomic E-state index is 11.5. The lowest BCUT2D eigenvalue weighted by atomic mass is 10.1. The summed E-state index contributed by atoms with van der Waals surface area (Å²) < 4.78 is 10.9. The number of pyridine rings is 1. The molecule has 1 aliphatic rings. The van der Waals surface area contributed by atoms with Gasteiger partial charge in [0.25, 0.3) is 5.91 Å². The fourth-order valence-electron chi connectivity index (χ4n) is 2.43. The van der Waals surface area contributed by atoms with Crippen LogP contribution in [0.1, 0.15) is 10.4 Å². The Morgan fingerprint density at radius 2 is 2.30 bits per heavy atom. The van der Waals surface area contributed by atoms with Gasteiger partial charge in [-0.15, -0.1) is 0 Å². The third-order valence-electron chi connectivity index (χ3n) is 3.58. The number of carbonyl (C=O) groups is 2. The molecule has 4 N–H and O–H groups in total. The van der Waals surface area contributed by atoms with Gasteiger partial charge in [0.15, 0.2) is 0 Å². The smallest absolute Gasteiger partial charge is 0.315 e. The Bertz CT molecular complexity index is 777. The Labute approximate surface area is 132 Å². The first-order valence-corrected chi connectivity index (χ1v) is 7.02. The van der Waals surface area contributed by atoms with E-state index in [0.29, 0.717) is 29.1 Å². The lowest BCUT2D eigenvalue weighted by Crippen LogP contribution is -2.32. The number of hydrogen-bond donors (Lipinski definition) is 3. The quantitative estimate of drug-likeness (QED) is 0.738. The van der Waals surface area contributed by atoms with Crippen LogP contribution in [0.5, 0.6) is 11.6 Å². The van der Waals surface area contributed by atoms with Crippen LogP contribution in [-0.2, 0) is 0 Å². The molecule has 1 aromatic heterocycles. The molecular formula is C15H16N4O4. The molecule has 0 bridgehead atoms. The summed E-state index contributed by atoms with van der Waals surface area (Å²) in [6, 6.07) is 4.74. The number of nitrogens with one attached hydrogen (secondary N) is 2. The largest absolute Gasteiger partial charge is 0.496 e. The molecule has 0 saturated carbocycles. The van der Waals surface area contributed by atoms with Crippen LogP contribution >= 0.6 is 0 Å². The van der Waals surface area contributed by atoms with Gasteiger partial charge in [-0.25, -0.2) is 9.78 Å². The van der Waals surface area contributed by atoms with E-state index in [1.807, 2.05) is 0 Å². The zero-order chi connectivity index (χ0) is 16.4. The van der Waals surface area contributed by atoms with E-state index < -0.39 is 5.91 Å². The Balaban J connectivity index is 1.91. The van der Waals surface area contributed by atoms with Crippen LogP contribution in [0, 0.1) is 0 Å². The number of nitrogens with two attached hydrogens (primary N) is 1. The first-order chi connectivity index (χ1) is 11.1. The van der Waals surface area contributed by atoms with Crippen LogP contribution in [0.4, 0.5) is 4.79 Å². The van der Waals surface area contributed by atoms with Crippen molar-refractivity contribution in [2.24, 2.45) is 5.73 Å². The molecule has 2 aromatic rings. The second-order valence-corrected chi connectivity index (χ2v) is 5.12. The van der Waals surface area contributed by atoms with Crippen molar-refractivity contribution in [3.63, 3.8) is 0 Å². The molecule has 23 heavy (non-hydrogen) atoms. The van der Waals surface area contributed by atoms with Crippen LogP contribution in [0.25, 0.3) is 10.8 Å². The predicted octanol–water partition coefficient (Wildman–Crippen LogP) is 0.402. The highest BCUT2D eigenvalue weighted by atomic mass is 16.5. The van der Waals surface area contributed by atoms with Gasteiger partial charge in [-0.3, -0.25) is 4.79 Å². The second kappa shape index (κ2) is 5.99. The molecule has 1 aromatic carbocycles. The van der Waals surface area contributed by atoms with Gasteiger partial charge in [-0.05, 0) is 23.6 Å². The Kier molecular flexibility index (Phi) is 3.88.